The van der Waals surface area contributed by atoms with Gasteiger partial charge < -0.3 is 19.9 Å². The van der Waals surface area contributed by atoms with E-state index in [2.05, 4.69) is 15.3 Å². The van der Waals surface area contributed by atoms with Crippen LogP contribution in [0.25, 0.3) is 0 Å². The molecule has 2 saturated heterocycles. The van der Waals surface area contributed by atoms with Crippen LogP contribution in [-0.2, 0) is 23.9 Å². The third-order valence-electron chi connectivity index (χ3n) is 8.28. The minimum Gasteiger partial charge on any atom is -0.481 e. The van der Waals surface area contributed by atoms with Gasteiger partial charge in [-0.05, 0) is 19.9 Å². The Hall–Kier alpha value is -3.15. The van der Waals surface area contributed by atoms with Crippen molar-refractivity contribution in [2.45, 2.75) is 44.0 Å². The van der Waals surface area contributed by atoms with Gasteiger partial charge in [0.1, 0.15) is 12.1 Å². The van der Waals surface area contributed by atoms with Gasteiger partial charge in [0.15, 0.2) is 22.5 Å². The lowest BCUT2D eigenvalue weighted by Crippen LogP contribution is -2.51. The molecular formula is C28H30ClF4N5O6S. The van der Waals surface area contributed by atoms with Gasteiger partial charge in [-0.15, -0.1) is 11.3 Å². The normalized spacial score (nSPS) is 24.3. The average molecular weight is 676 g/mol. The zero-order valence-electron chi connectivity index (χ0n) is 24.5. The Morgan fingerprint density at radius 2 is 2.04 bits per heavy atom. The van der Waals surface area contributed by atoms with Gasteiger partial charge in [0.25, 0.3) is 5.92 Å². The molecule has 0 aliphatic carbocycles. The Labute approximate surface area is 264 Å². The van der Waals surface area contributed by atoms with E-state index in [-0.39, 0.29) is 42.4 Å². The van der Waals surface area contributed by atoms with E-state index < -0.39 is 70.7 Å². The predicted molar refractivity (Wildman–Crippen MR) is 154 cm³/mol. The summed E-state index contributed by atoms with van der Waals surface area (Å²) >= 11 is 7.40. The minimum absolute atomic E-state index is 0.0457. The van der Waals surface area contributed by atoms with Crippen LogP contribution in [0, 0.1) is 17.0 Å². The Morgan fingerprint density at radius 1 is 1.31 bits per heavy atom. The number of hydrogen-bond donors (Lipinski definition) is 2. The molecule has 0 amide bonds. The monoisotopic (exact) mass is 675 g/mol. The molecule has 0 unspecified atom stereocenters. The van der Waals surface area contributed by atoms with E-state index in [9.17, 15) is 23.5 Å². The van der Waals surface area contributed by atoms with E-state index in [1.54, 1.807) is 5.38 Å². The van der Waals surface area contributed by atoms with Gasteiger partial charge in [0, 0.05) is 36.5 Å². The van der Waals surface area contributed by atoms with E-state index in [0.717, 1.165) is 18.2 Å². The van der Waals surface area contributed by atoms with E-state index in [1.807, 2.05) is 0 Å². The van der Waals surface area contributed by atoms with Crippen molar-refractivity contribution < 1.29 is 46.6 Å². The highest BCUT2D eigenvalue weighted by Crippen LogP contribution is 2.43. The molecule has 0 bridgehead atoms. The summed E-state index contributed by atoms with van der Waals surface area (Å²) in [6, 6.07) is -1.61. The number of thiazole rings is 1. The number of carbonyl (C=O) groups excluding carboxylic acids is 1. The summed E-state index contributed by atoms with van der Waals surface area (Å²) in [5, 5.41) is 15.2. The molecule has 4 heterocycles. The highest BCUT2D eigenvalue weighted by Gasteiger charge is 2.61. The summed E-state index contributed by atoms with van der Waals surface area (Å²) in [6.07, 6.45) is 0.531. The van der Waals surface area contributed by atoms with Gasteiger partial charge in [-0.3, -0.25) is 19.5 Å². The third kappa shape index (κ3) is 6.06. The van der Waals surface area contributed by atoms with Crippen molar-refractivity contribution in [2.24, 2.45) is 10.4 Å². The molecule has 4 atom stereocenters. The molecular weight excluding hydrogens is 646 g/mol. The number of rotatable bonds is 10. The molecule has 2 fully saturated rings. The SMILES string of the molecule is COC(=O)C1=C(CN2CC(F)(F)[C@@H]3[C@H]2CON3C[C@@H](OC)C(C)(C)C(=O)O)NC(c2nccs2)=N[C@H]1c1ccc(F)c(F)c1Cl. The minimum atomic E-state index is -3.32. The number of esters is 1. The quantitative estimate of drug-likeness (QED) is 0.219. The average Bonchev–Trinajstić information content (AvgIpc) is 3.73. The second-order valence-electron chi connectivity index (χ2n) is 11.3. The molecule has 45 heavy (non-hydrogen) atoms. The first kappa shape index (κ1) is 33.2. The van der Waals surface area contributed by atoms with E-state index in [4.69, 9.17) is 25.9 Å². The fourth-order valence-corrected chi connectivity index (χ4v) is 6.60. The van der Waals surface area contributed by atoms with Gasteiger partial charge in [0.2, 0.25) is 0 Å². The van der Waals surface area contributed by atoms with Crippen LogP contribution in [0.4, 0.5) is 17.6 Å². The number of methoxy groups -OCH3 is 2. The number of aliphatic imine (C=N–C) groups is 1. The fourth-order valence-electron chi connectivity index (χ4n) is 5.75. The molecule has 2 aromatic rings. The summed E-state index contributed by atoms with van der Waals surface area (Å²) in [7, 11) is 2.42. The maximum Gasteiger partial charge on any atom is 0.338 e. The number of hydrogen-bond acceptors (Lipinski definition) is 11. The van der Waals surface area contributed by atoms with Crippen molar-refractivity contribution in [3.63, 3.8) is 0 Å². The standard InChI is InChI=1S/C28H30ClF4N5O6S/c1-27(2,26(40)41)17(42-3)10-38-22-16(11-44-38)37(12-28(22,32)33)9-15-18(25(39)43-4)21(13-5-6-14(30)20(31)19(13)29)36-23(35-15)24-34-7-8-45-24/h5-8,16-17,21-22H,9-12H2,1-4H3,(H,35,36)(H,40,41)/t16-,17-,21+,22+/m1/s1. The Morgan fingerprint density at radius 3 is 2.67 bits per heavy atom. The van der Waals surface area contributed by atoms with Crippen LogP contribution in [0.5, 0.6) is 0 Å². The van der Waals surface area contributed by atoms with Gasteiger partial charge >= 0.3 is 11.9 Å². The number of nitrogens with one attached hydrogen (secondary N) is 1. The number of carboxylic acid groups (broad SMARTS) is 1. The molecule has 1 aromatic heterocycles. The second kappa shape index (κ2) is 12.6. The molecule has 0 saturated carbocycles. The van der Waals surface area contributed by atoms with Crippen LogP contribution < -0.4 is 5.32 Å². The first-order valence-electron chi connectivity index (χ1n) is 13.7. The van der Waals surface area contributed by atoms with Crippen molar-refractivity contribution >= 4 is 40.7 Å². The fraction of sp³-hybridized carbons (Fsp3) is 0.500. The molecule has 17 heteroatoms. The van der Waals surface area contributed by atoms with Gasteiger partial charge in [0.05, 0.1) is 55.0 Å². The van der Waals surface area contributed by atoms with Gasteiger partial charge in [-0.2, -0.15) is 5.06 Å². The summed E-state index contributed by atoms with van der Waals surface area (Å²) in [5.41, 5.74) is -1.48. The number of ether oxygens (including phenoxy) is 2. The number of alkyl halides is 2. The van der Waals surface area contributed by atoms with Crippen LogP contribution in [0.1, 0.15) is 30.5 Å². The van der Waals surface area contributed by atoms with Crippen LogP contribution in [-0.4, -0.2) is 102 Å². The first-order valence-corrected chi connectivity index (χ1v) is 14.9. The number of carboxylic acids is 1. The van der Waals surface area contributed by atoms with Crippen LogP contribution >= 0.6 is 22.9 Å². The molecule has 244 valence electrons. The summed E-state index contributed by atoms with van der Waals surface area (Å²) in [4.78, 5) is 40.9. The second-order valence-corrected chi connectivity index (χ2v) is 12.6. The molecule has 2 N–H and O–H groups in total. The number of benzene rings is 1. The number of nitrogens with zero attached hydrogens (tertiary/aromatic N) is 4. The molecule has 0 spiro atoms. The number of hydroxylamine groups is 2. The maximum atomic E-state index is 15.7. The molecule has 1 aromatic carbocycles. The highest BCUT2D eigenvalue weighted by molar-refractivity contribution is 7.11. The maximum absolute atomic E-state index is 15.7. The molecule has 0 radical (unpaired) electrons. The zero-order valence-corrected chi connectivity index (χ0v) is 26.1. The number of fused-ring (bicyclic) bond motifs is 1. The Kier molecular flexibility index (Phi) is 9.28. The predicted octanol–water partition coefficient (Wildman–Crippen LogP) is 3.65. The van der Waals surface area contributed by atoms with Crippen molar-refractivity contribution in [2.75, 3.05) is 40.5 Å². The zero-order chi connectivity index (χ0) is 32.8. The Bertz CT molecular complexity index is 1540. The van der Waals surface area contributed by atoms with Crippen LogP contribution in [0.15, 0.2) is 40.0 Å². The summed E-state index contributed by atoms with van der Waals surface area (Å²) in [6.45, 7) is 1.48. The van der Waals surface area contributed by atoms with Crippen molar-refractivity contribution in [1.82, 2.24) is 20.3 Å². The van der Waals surface area contributed by atoms with Crippen molar-refractivity contribution in [3.05, 3.63) is 62.2 Å². The van der Waals surface area contributed by atoms with Crippen LogP contribution in [0.3, 0.4) is 0 Å². The number of carbonyl (C=O) groups is 2. The number of halogens is 5. The summed E-state index contributed by atoms with van der Waals surface area (Å²) < 4.78 is 70.3. The number of amidine groups is 1. The topological polar surface area (TPSA) is 126 Å². The number of aromatic nitrogens is 1. The lowest BCUT2D eigenvalue weighted by molar-refractivity contribution is -0.205. The van der Waals surface area contributed by atoms with Crippen molar-refractivity contribution in [3.8, 4) is 0 Å². The lowest BCUT2D eigenvalue weighted by atomic mass is 9.86. The molecule has 5 rings (SSSR count). The molecule has 11 nitrogen and oxygen atoms in total. The van der Waals surface area contributed by atoms with E-state index >= 15 is 8.78 Å². The number of aliphatic carboxylic acids is 1. The smallest absolute Gasteiger partial charge is 0.338 e. The van der Waals surface area contributed by atoms with Gasteiger partial charge in [-0.1, -0.05) is 17.7 Å². The molecule has 3 aliphatic heterocycles. The van der Waals surface area contributed by atoms with E-state index in [1.165, 1.54) is 49.5 Å². The number of likely N-dealkylation sites (tertiary alicyclic amines) is 1. The molecule has 3 aliphatic rings. The summed E-state index contributed by atoms with van der Waals surface area (Å²) in [5.74, 6) is -7.76. The largest absolute Gasteiger partial charge is 0.481 e. The van der Waals surface area contributed by atoms with E-state index in [0.29, 0.717) is 5.01 Å². The van der Waals surface area contributed by atoms with Crippen molar-refractivity contribution in [1.29, 1.82) is 0 Å². The first-order chi connectivity index (χ1) is 21.2. The third-order valence-corrected chi connectivity index (χ3v) is 9.44. The Balaban J connectivity index is 1.52. The lowest BCUT2D eigenvalue weighted by Gasteiger charge is -2.34. The highest BCUT2D eigenvalue weighted by atomic mass is 35.5. The van der Waals surface area contributed by atoms with Gasteiger partial charge in [-0.25, -0.2) is 27.3 Å². The van der Waals surface area contributed by atoms with Crippen LogP contribution in [0.2, 0.25) is 5.02 Å².